The van der Waals surface area contributed by atoms with Crippen LogP contribution in [0.5, 0.6) is 0 Å². The van der Waals surface area contributed by atoms with Crippen LogP contribution in [0.15, 0.2) is 0 Å². The maximum atomic E-state index is 13.0. The van der Waals surface area contributed by atoms with E-state index in [1.807, 2.05) is 0 Å². The Kier molecular flexibility index (Phi) is 56.6. The summed E-state index contributed by atoms with van der Waals surface area (Å²) >= 11 is 0. The summed E-state index contributed by atoms with van der Waals surface area (Å²) in [5, 5.41) is 10.6. The lowest BCUT2D eigenvalue weighted by molar-refractivity contribution is -0.161. The Labute approximate surface area is 530 Å². The molecule has 0 radical (unpaired) electrons. The molecular weight excluding hydrogens is 1150 g/mol. The Morgan fingerprint density at radius 2 is 0.552 bits per heavy atom. The Balaban J connectivity index is 5.26. The number of aliphatic hydroxyl groups excluding tert-OH is 1. The minimum absolute atomic E-state index is 0.103. The summed E-state index contributed by atoms with van der Waals surface area (Å²) in [6.07, 6.45) is 39.0. The largest absolute Gasteiger partial charge is 0.472 e. The van der Waals surface area contributed by atoms with Crippen LogP contribution in [0, 0.1) is 23.7 Å². The number of hydrogen-bond acceptors (Lipinski definition) is 15. The highest BCUT2D eigenvalue weighted by atomic mass is 31.2. The molecule has 0 fully saturated rings. The lowest BCUT2D eigenvalue weighted by Crippen LogP contribution is -2.30. The van der Waals surface area contributed by atoms with Crippen molar-refractivity contribution in [2.24, 2.45) is 23.7 Å². The molecular formula is C68H132O17P2. The van der Waals surface area contributed by atoms with Crippen molar-refractivity contribution in [1.29, 1.82) is 0 Å². The molecule has 0 aromatic carbocycles. The molecule has 0 bridgehead atoms. The van der Waals surface area contributed by atoms with E-state index in [1.54, 1.807) is 0 Å². The SMILES string of the molecule is CCC(C)CCCCCCCCCCC(=O)OC[C@H](COP(=O)(O)OCC(O)COP(=O)(O)OC[C@@H](COC(=O)CCCCCCCCCC(C)C)OC(=O)CCCCCCCCCCCCCC(C)C)OC(=O)CCCCCCCCCCC(C)C. The van der Waals surface area contributed by atoms with Crippen LogP contribution in [0.2, 0.25) is 0 Å². The van der Waals surface area contributed by atoms with Gasteiger partial charge in [0.1, 0.15) is 19.3 Å². The van der Waals surface area contributed by atoms with E-state index in [1.165, 1.54) is 128 Å². The van der Waals surface area contributed by atoms with E-state index in [4.69, 9.17) is 37.0 Å². The molecule has 3 N–H and O–H groups in total. The lowest BCUT2D eigenvalue weighted by Gasteiger charge is -2.21. The third-order valence-corrected chi connectivity index (χ3v) is 17.8. The highest BCUT2D eigenvalue weighted by Crippen LogP contribution is 2.45. The average molecular weight is 1280 g/mol. The quantitative estimate of drug-likeness (QED) is 0.0222. The van der Waals surface area contributed by atoms with Crippen LogP contribution < -0.4 is 0 Å². The minimum Gasteiger partial charge on any atom is -0.462 e. The van der Waals surface area contributed by atoms with Gasteiger partial charge in [0.2, 0.25) is 0 Å². The van der Waals surface area contributed by atoms with E-state index in [9.17, 15) is 43.2 Å². The van der Waals surface area contributed by atoms with Crippen molar-refractivity contribution in [3.05, 3.63) is 0 Å². The van der Waals surface area contributed by atoms with E-state index in [-0.39, 0.29) is 25.7 Å². The number of phosphoric ester groups is 2. The molecule has 0 heterocycles. The zero-order chi connectivity index (χ0) is 64.7. The van der Waals surface area contributed by atoms with E-state index in [2.05, 4.69) is 55.4 Å². The number of esters is 4. The first-order valence-electron chi connectivity index (χ1n) is 35.2. The van der Waals surface area contributed by atoms with Gasteiger partial charge in [0.15, 0.2) is 12.2 Å². The number of phosphoric acid groups is 2. The van der Waals surface area contributed by atoms with Gasteiger partial charge in [-0.15, -0.1) is 0 Å². The summed E-state index contributed by atoms with van der Waals surface area (Å²) < 4.78 is 68.2. The fourth-order valence-electron chi connectivity index (χ4n) is 10.1. The molecule has 0 aliphatic heterocycles. The van der Waals surface area contributed by atoms with E-state index in [0.717, 1.165) is 114 Å². The van der Waals surface area contributed by atoms with Gasteiger partial charge in [-0.25, -0.2) is 9.13 Å². The zero-order valence-corrected chi connectivity index (χ0v) is 58.4. The zero-order valence-electron chi connectivity index (χ0n) is 56.6. The molecule has 0 amide bonds. The van der Waals surface area contributed by atoms with E-state index in [0.29, 0.717) is 31.6 Å². The van der Waals surface area contributed by atoms with Crippen LogP contribution in [0.25, 0.3) is 0 Å². The lowest BCUT2D eigenvalue weighted by atomic mass is 9.99. The standard InChI is InChI=1S/C68H132O17P2/c1-9-61(8)47-39-31-23-16-18-24-32-40-48-65(70)78-54-63(85-68(73)51-43-35-26-17-15-21-29-37-45-59(4)5)56-82-86(74,75)80-52-62(69)53-81-87(76,77)83-57-64(55-79-66(71)49-41-33-27-19-22-30-38-46-60(6)7)84-67(72)50-42-34-25-14-12-10-11-13-20-28-36-44-58(2)3/h58-64,69H,9-57H2,1-8H3,(H,74,75)(H,76,77)/t61?,62?,63-,64-/m1/s1. The van der Waals surface area contributed by atoms with Crippen molar-refractivity contribution in [2.45, 2.75) is 350 Å². The van der Waals surface area contributed by atoms with Crippen LogP contribution in [0.3, 0.4) is 0 Å². The minimum atomic E-state index is -4.95. The summed E-state index contributed by atoms with van der Waals surface area (Å²) in [4.78, 5) is 72.4. The van der Waals surface area contributed by atoms with Gasteiger partial charge >= 0.3 is 39.5 Å². The maximum absolute atomic E-state index is 13.0. The highest BCUT2D eigenvalue weighted by molar-refractivity contribution is 7.47. The fourth-order valence-corrected chi connectivity index (χ4v) is 11.7. The molecule has 6 atom stereocenters. The molecule has 17 nitrogen and oxygen atoms in total. The third-order valence-electron chi connectivity index (χ3n) is 15.9. The number of ether oxygens (including phenoxy) is 4. The highest BCUT2D eigenvalue weighted by Gasteiger charge is 2.30. The number of carbonyl (C=O) groups is 4. The number of rotatable bonds is 65. The van der Waals surface area contributed by atoms with Gasteiger partial charge in [0, 0.05) is 25.7 Å². The number of unbranched alkanes of at least 4 members (excludes halogenated alkanes) is 30. The van der Waals surface area contributed by atoms with Gasteiger partial charge in [-0.3, -0.25) is 37.3 Å². The molecule has 0 saturated heterocycles. The molecule has 87 heavy (non-hydrogen) atoms. The second-order valence-electron chi connectivity index (χ2n) is 26.2. The summed E-state index contributed by atoms with van der Waals surface area (Å²) in [5.74, 6) is 0.832. The predicted octanol–water partition coefficient (Wildman–Crippen LogP) is 18.9. The Hall–Kier alpha value is -1.94. The number of carbonyl (C=O) groups excluding carboxylic acids is 4. The van der Waals surface area contributed by atoms with Crippen LogP contribution in [-0.2, 0) is 65.4 Å². The molecule has 0 rings (SSSR count). The molecule has 0 aromatic heterocycles. The van der Waals surface area contributed by atoms with Gasteiger partial charge in [0.05, 0.1) is 26.4 Å². The smallest absolute Gasteiger partial charge is 0.462 e. The van der Waals surface area contributed by atoms with Crippen molar-refractivity contribution >= 4 is 39.5 Å². The fraction of sp³-hybridized carbons (Fsp3) is 0.941. The summed E-state index contributed by atoms with van der Waals surface area (Å²) in [6.45, 7) is 14.0. The van der Waals surface area contributed by atoms with Crippen molar-refractivity contribution < 1.29 is 80.2 Å². The molecule has 0 aliphatic carbocycles. The first kappa shape index (κ1) is 85.1. The van der Waals surface area contributed by atoms with Crippen molar-refractivity contribution in [3.8, 4) is 0 Å². The monoisotopic (exact) mass is 1280 g/mol. The van der Waals surface area contributed by atoms with Crippen LogP contribution in [0.4, 0.5) is 0 Å². The van der Waals surface area contributed by atoms with E-state index < -0.39 is 97.5 Å². The topological polar surface area (TPSA) is 237 Å². The van der Waals surface area contributed by atoms with Gasteiger partial charge in [-0.2, -0.15) is 0 Å². The molecule has 516 valence electrons. The summed E-state index contributed by atoms with van der Waals surface area (Å²) in [6, 6.07) is 0. The Bertz CT molecular complexity index is 1730. The second-order valence-corrected chi connectivity index (χ2v) is 29.1. The normalized spacial score (nSPS) is 14.6. The van der Waals surface area contributed by atoms with Gasteiger partial charge < -0.3 is 33.8 Å². The first-order valence-corrected chi connectivity index (χ1v) is 38.2. The molecule has 0 saturated carbocycles. The third kappa shape index (κ3) is 61.3. The Morgan fingerprint density at radius 1 is 0.322 bits per heavy atom. The second kappa shape index (κ2) is 57.9. The van der Waals surface area contributed by atoms with Gasteiger partial charge in [0.25, 0.3) is 0 Å². The molecule has 4 unspecified atom stereocenters. The Morgan fingerprint density at radius 3 is 0.816 bits per heavy atom. The number of hydrogen-bond donors (Lipinski definition) is 3. The maximum Gasteiger partial charge on any atom is 0.472 e. The van der Waals surface area contributed by atoms with E-state index >= 15 is 0 Å². The molecule has 0 spiro atoms. The van der Waals surface area contributed by atoms with Crippen LogP contribution in [-0.4, -0.2) is 96.7 Å². The number of aliphatic hydroxyl groups is 1. The summed E-state index contributed by atoms with van der Waals surface area (Å²) in [7, 11) is -9.90. The average Bonchev–Trinajstić information content (AvgIpc) is 3.69. The molecule has 0 aliphatic rings. The van der Waals surface area contributed by atoms with Gasteiger partial charge in [-0.1, -0.05) is 280 Å². The van der Waals surface area contributed by atoms with Crippen molar-refractivity contribution in [3.63, 3.8) is 0 Å². The van der Waals surface area contributed by atoms with Crippen LogP contribution in [0.1, 0.15) is 331 Å². The summed E-state index contributed by atoms with van der Waals surface area (Å²) in [5.41, 5.74) is 0. The van der Waals surface area contributed by atoms with Crippen molar-refractivity contribution in [1.82, 2.24) is 0 Å². The first-order chi connectivity index (χ1) is 41.6. The predicted molar refractivity (Wildman–Crippen MR) is 349 cm³/mol. The van der Waals surface area contributed by atoms with Crippen molar-refractivity contribution in [2.75, 3.05) is 39.6 Å². The molecule has 0 aromatic rings. The van der Waals surface area contributed by atoms with Crippen LogP contribution >= 0.6 is 15.6 Å². The van der Waals surface area contributed by atoms with Gasteiger partial charge in [-0.05, 0) is 49.4 Å². The molecule has 19 heteroatoms.